The molecule has 0 bridgehead atoms. The smallest absolute Gasteiger partial charge is 0.327 e. The molecule has 0 aliphatic heterocycles. The summed E-state index contributed by atoms with van der Waals surface area (Å²) in [6.07, 6.45) is 0.768. The van der Waals surface area contributed by atoms with Gasteiger partial charge < -0.3 is 14.5 Å². The maximum absolute atomic E-state index is 13.0. The van der Waals surface area contributed by atoms with Gasteiger partial charge in [0.2, 0.25) is 0 Å². The third kappa shape index (κ3) is 3.83. The Bertz CT molecular complexity index is 1270. The molecule has 0 amide bonds. The lowest BCUT2D eigenvalue weighted by atomic mass is 10.00. The lowest BCUT2D eigenvalue weighted by Gasteiger charge is -2.19. The number of imidazole rings is 1. The van der Waals surface area contributed by atoms with Gasteiger partial charge >= 0.3 is 5.69 Å². The van der Waals surface area contributed by atoms with Crippen molar-refractivity contribution in [3.05, 3.63) is 82.3 Å². The number of nitrogens with one attached hydrogen (secondary N) is 1. The predicted octanol–water partition coefficient (Wildman–Crippen LogP) is 5.71. The number of rotatable bonds is 7. The molecular formula is C26H28N2O3. The molecule has 31 heavy (non-hydrogen) atoms. The molecule has 4 rings (SSSR count). The molecule has 0 aliphatic carbocycles. The van der Waals surface area contributed by atoms with Crippen LogP contribution in [0.1, 0.15) is 37.4 Å². The number of H-pyrrole nitrogens is 1. The first-order chi connectivity index (χ1) is 15.1. The zero-order valence-corrected chi connectivity index (χ0v) is 18.4. The van der Waals surface area contributed by atoms with Crippen LogP contribution in [0, 0.1) is 6.92 Å². The maximum Gasteiger partial charge on any atom is 0.327 e. The normalized spacial score (nSPS) is 12.1. The molecule has 1 heterocycles. The van der Waals surface area contributed by atoms with Crippen molar-refractivity contribution in [2.75, 3.05) is 13.7 Å². The van der Waals surface area contributed by atoms with Crippen LogP contribution in [0.5, 0.6) is 11.5 Å². The van der Waals surface area contributed by atoms with E-state index in [0.29, 0.717) is 18.1 Å². The van der Waals surface area contributed by atoms with Crippen LogP contribution < -0.4 is 15.2 Å². The molecule has 4 aromatic rings. The van der Waals surface area contributed by atoms with Crippen molar-refractivity contribution in [3.8, 4) is 22.6 Å². The van der Waals surface area contributed by atoms with E-state index in [1.54, 1.807) is 7.11 Å². The molecule has 0 unspecified atom stereocenters. The highest BCUT2D eigenvalue weighted by Gasteiger charge is 2.20. The molecule has 160 valence electrons. The van der Waals surface area contributed by atoms with Gasteiger partial charge in [0.1, 0.15) is 0 Å². The summed E-state index contributed by atoms with van der Waals surface area (Å²) in [6, 6.07) is 20.2. The quantitative estimate of drug-likeness (QED) is 0.420. The third-order valence-corrected chi connectivity index (χ3v) is 5.74. The number of aromatic amines is 1. The maximum atomic E-state index is 13.0. The summed E-state index contributed by atoms with van der Waals surface area (Å²) in [5.41, 5.74) is 6.09. The van der Waals surface area contributed by atoms with Crippen LogP contribution in [0.2, 0.25) is 0 Å². The van der Waals surface area contributed by atoms with Crippen molar-refractivity contribution in [3.63, 3.8) is 0 Å². The van der Waals surface area contributed by atoms with Crippen LogP contribution >= 0.6 is 0 Å². The van der Waals surface area contributed by atoms with Crippen molar-refractivity contribution in [2.24, 2.45) is 0 Å². The van der Waals surface area contributed by atoms with Gasteiger partial charge in [0.15, 0.2) is 11.5 Å². The minimum absolute atomic E-state index is 0.113. The first-order valence-electron chi connectivity index (χ1n) is 10.7. The number of fused-ring (bicyclic) bond motifs is 1. The van der Waals surface area contributed by atoms with Crippen molar-refractivity contribution in [2.45, 2.75) is 33.2 Å². The summed E-state index contributed by atoms with van der Waals surface area (Å²) in [7, 11) is 1.63. The largest absolute Gasteiger partial charge is 0.493 e. The molecule has 1 aromatic heterocycles. The Balaban J connectivity index is 1.81. The van der Waals surface area contributed by atoms with Gasteiger partial charge in [-0.25, -0.2) is 4.79 Å². The van der Waals surface area contributed by atoms with E-state index >= 15 is 0 Å². The number of aryl methyl sites for hydroxylation is 1. The summed E-state index contributed by atoms with van der Waals surface area (Å²) in [4.78, 5) is 16.1. The van der Waals surface area contributed by atoms with E-state index in [9.17, 15) is 4.79 Å². The monoisotopic (exact) mass is 416 g/mol. The highest BCUT2D eigenvalue weighted by atomic mass is 16.5. The van der Waals surface area contributed by atoms with E-state index in [2.05, 4.69) is 43.1 Å². The second-order valence-corrected chi connectivity index (χ2v) is 7.61. The molecule has 0 radical (unpaired) electrons. The number of ether oxygens (including phenoxy) is 2. The molecule has 0 fully saturated rings. The topological polar surface area (TPSA) is 56.2 Å². The van der Waals surface area contributed by atoms with Crippen LogP contribution in [-0.4, -0.2) is 23.3 Å². The lowest BCUT2D eigenvalue weighted by molar-refractivity contribution is 0.310. The van der Waals surface area contributed by atoms with E-state index in [1.165, 1.54) is 11.1 Å². The van der Waals surface area contributed by atoms with Crippen LogP contribution in [0.4, 0.5) is 0 Å². The van der Waals surface area contributed by atoms with E-state index in [1.807, 2.05) is 47.9 Å². The van der Waals surface area contributed by atoms with Crippen LogP contribution in [0.3, 0.4) is 0 Å². The molecule has 1 atom stereocenters. The first kappa shape index (κ1) is 20.8. The highest BCUT2D eigenvalue weighted by Crippen LogP contribution is 2.34. The fraction of sp³-hybridized carbons (Fsp3) is 0.269. The fourth-order valence-corrected chi connectivity index (χ4v) is 4.24. The van der Waals surface area contributed by atoms with Gasteiger partial charge in [0, 0.05) is 0 Å². The van der Waals surface area contributed by atoms with Gasteiger partial charge in [-0.2, -0.15) is 0 Å². The van der Waals surface area contributed by atoms with Gasteiger partial charge in [-0.3, -0.25) is 4.57 Å². The SMILES string of the molecule is CCOc1cc([C@@H](CC)n2c(=O)[nH]c3cc(-c4ccccc4C)ccc32)ccc1OC. The number of benzene rings is 3. The zero-order chi connectivity index (χ0) is 22.0. The molecule has 3 aromatic carbocycles. The lowest BCUT2D eigenvalue weighted by Crippen LogP contribution is -2.22. The molecule has 0 aliphatic rings. The Hall–Kier alpha value is -3.47. The van der Waals surface area contributed by atoms with Crippen molar-refractivity contribution in [1.29, 1.82) is 0 Å². The van der Waals surface area contributed by atoms with E-state index in [4.69, 9.17) is 9.47 Å². The summed E-state index contributed by atoms with van der Waals surface area (Å²) < 4.78 is 13.0. The van der Waals surface area contributed by atoms with Crippen molar-refractivity contribution < 1.29 is 9.47 Å². The summed E-state index contributed by atoms with van der Waals surface area (Å²) in [6.45, 7) is 6.67. The molecule has 0 saturated heterocycles. The number of hydrogen-bond donors (Lipinski definition) is 1. The molecule has 0 saturated carbocycles. The van der Waals surface area contributed by atoms with Crippen molar-refractivity contribution >= 4 is 11.0 Å². The van der Waals surface area contributed by atoms with E-state index in [-0.39, 0.29) is 11.7 Å². The fourth-order valence-electron chi connectivity index (χ4n) is 4.24. The van der Waals surface area contributed by atoms with Crippen LogP contribution in [-0.2, 0) is 0 Å². The van der Waals surface area contributed by atoms with E-state index in [0.717, 1.165) is 28.6 Å². The molecule has 1 N–H and O–H groups in total. The Morgan fingerprint density at radius 1 is 1.00 bits per heavy atom. The minimum atomic E-state index is -0.115. The number of methoxy groups -OCH3 is 1. The molecule has 5 heteroatoms. The third-order valence-electron chi connectivity index (χ3n) is 5.74. The Morgan fingerprint density at radius 2 is 1.81 bits per heavy atom. The average molecular weight is 417 g/mol. The Morgan fingerprint density at radius 3 is 2.52 bits per heavy atom. The Labute approximate surface area is 182 Å². The molecule has 5 nitrogen and oxygen atoms in total. The molecular weight excluding hydrogens is 388 g/mol. The van der Waals surface area contributed by atoms with Gasteiger partial charge in [0.25, 0.3) is 0 Å². The predicted molar refractivity (Wildman–Crippen MR) is 125 cm³/mol. The second kappa shape index (κ2) is 8.72. The highest BCUT2D eigenvalue weighted by molar-refractivity contribution is 5.83. The summed E-state index contributed by atoms with van der Waals surface area (Å²) in [5, 5.41) is 0. The second-order valence-electron chi connectivity index (χ2n) is 7.61. The van der Waals surface area contributed by atoms with Crippen LogP contribution in [0.15, 0.2) is 65.5 Å². The van der Waals surface area contributed by atoms with Crippen LogP contribution in [0.25, 0.3) is 22.2 Å². The first-order valence-corrected chi connectivity index (χ1v) is 10.7. The van der Waals surface area contributed by atoms with Gasteiger partial charge in [-0.1, -0.05) is 43.3 Å². The van der Waals surface area contributed by atoms with Gasteiger partial charge in [0.05, 0.1) is 30.8 Å². The standard InChI is InChI=1S/C26H28N2O3/c1-5-22(19-12-14-24(30-4)25(16-19)31-6-2)28-23-13-11-18(15-21(23)27-26(28)29)20-10-8-7-9-17(20)3/h7-16,22H,5-6H2,1-4H3,(H,27,29)/t22-/m1/s1. The number of aromatic nitrogens is 2. The van der Waals surface area contributed by atoms with Gasteiger partial charge in [-0.15, -0.1) is 0 Å². The number of nitrogens with zero attached hydrogens (tertiary/aromatic N) is 1. The Kier molecular flexibility index (Phi) is 5.85. The molecule has 0 spiro atoms. The summed E-state index contributed by atoms with van der Waals surface area (Å²) in [5.74, 6) is 1.38. The number of hydrogen-bond acceptors (Lipinski definition) is 3. The van der Waals surface area contributed by atoms with E-state index < -0.39 is 0 Å². The zero-order valence-electron chi connectivity index (χ0n) is 18.4. The van der Waals surface area contributed by atoms with Crippen molar-refractivity contribution in [1.82, 2.24) is 9.55 Å². The average Bonchev–Trinajstić information content (AvgIpc) is 3.10. The summed E-state index contributed by atoms with van der Waals surface area (Å²) >= 11 is 0. The minimum Gasteiger partial charge on any atom is -0.493 e. The van der Waals surface area contributed by atoms with Gasteiger partial charge in [-0.05, 0) is 66.8 Å².